The second-order valence-corrected chi connectivity index (χ2v) is 3.59. The largest absolute Gasteiger partial charge is 0.468 e. The zero-order chi connectivity index (χ0) is 14.7. The summed E-state index contributed by atoms with van der Waals surface area (Å²) in [7, 11) is 1.37. The van der Waals surface area contributed by atoms with Crippen LogP contribution in [0.5, 0.6) is 0 Å². The van der Waals surface area contributed by atoms with E-state index in [9.17, 15) is 4.79 Å². The van der Waals surface area contributed by atoms with Crippen LogP contribution in [0.25, 0.3) is 0 Å². The van der Waals surface area contributed by atoms with Gasteiger partial charge in [0, 0.05) is 5.33 Å². The molecule has 1 aromatic rings. The fraction of sp³-hybridized carbons (Fsp3) is 0.692. The van der Waals surface area contributed by atoms with Crippen LogP contribution in [-0.4, -0.2) is 22.9 Å². The van der Waals surface area contributed by atoms with Gasteiger partial charge in [0.25, 0.3) is 0 Å². The smallest absolute Gasteiger partial charge is 0.327 e. The van der Waals surface area contributed by atoms with Crippen molar-refractivity contribution in [3.8, 4) is 0 Å². The van der Waals surface area contributed by atoms with E-state index in [4.69, 9.17) is 0 Å². The summed E-state index contributed by atoms with van der Waals surface area (Å²) in [5.41, 5.74) is 3.09. The first kappa shape index (κ1) is 19.5. The number of hydrogen-bond donors (Lipinski definition) is 0. The average Bonchev–Trinajstić information content (AvgIpc) is 2.69. The Morgan fingerprint density at radius 1 is 1.28 bits per heavy atom. The molecule has 106 valence electrons. The number of alkyl halides is 1. The molecule has 0 unspecified atom stereocenters. The first-order chi connectivity index (χ1) is 8.60. The molecule has 0 bridgehead atoms. The lowest BCUT2D eigenvalue weighted by Gasteiger charge is -2.03. The van der Waals surface area contributed by atoms with Crippen LogP contribution in [0.4, 0.5) is 0 Å². The molecule has 1 rings (SSSR count). The molecule has 0 aliphatic heterocycles. The summed E-state index contributed by atoms with van der Waals surface area (Å²) in [6.45, 7) is 12.1. The second kappa shape index (κ2) is 11.3. The highest BCUT2D eigenvalue weighted by Gasteiger charge is 2.12. The third-order valence-corrected chi connectivity index (χ3v) is 2.72. The minimum absolute atomic E-state index is 0.173. The number of ether oxygens (including phenoxy) is 1. The summed E-state index contributed by atoms with van der Waals surface area (Å²) < 4.78 is 6.26. The van der Waals surface area contributed by atoms with Crippen molar-refractivity contribution in [1.29, 1.82) is 0 Å². The van der Waals surface area contributed by atoms with E-state index in [1.54, 1.807) is 4.68 Å². The van der Waals surface area contributed by atoms with Gasteiger partial charge in [0.1, 0.15) is 6.54 Å². The molecule has 0 fully saturated rings. The van der Waals surface area contributed by atoms with Gasteiger partial charge >= 0.3 is 5.97 Å². The van der Waals surface area contributed by atoms with E-state index in [2.05, 4.69) is 25.8 Å². The molecule has 18 heavy (non-hydrogen) atoms. The lowest BCUT2D eigenvalue weighted by molar-refractivity contribution is -0.141. The van der Waals surface area contributed by atoms with Crippen molar-refractivity contribution in [1.82, 2.24) is 9.78 Å². The normalized spacial score (nSPS) is 8.67. The van der Waals surface area contributed by atoms with E-state index in [1.807, 2.05) is 41.5 Å². The van der Waals surface area contributed by atoms with Gasteiger partial charge in [0.2, 0.25) is 0 Å². The van der Waals surface area contributed by atoms with Crippen LogP contribution >= 0.6 is 15.9 Å². The highest BCUT2D eigenvalue weighted by Crippen LogP contribution is 2.15. The number of rotatable bonds is 3. The van der Waals surface area contributed by atoms with Crippen molar-refractivity contribution in [2.75, 3.05) is 7.11 Å². The number of carbonyl (C=O) groups excluding carboxylic acids is 1. The monoisotopic (exact) mass is 320 g/mol. The summed E-state index contributed by atoms with van der Waals surface area (Å²) in [6, 6.07) is 0. The third-order valence-electron chi connectivity index (χ3n) is 2.19. The number of hydrogen-bond acceptors (Lipinski definition) is 3. The number of aryl methyl sites for hydroxylation is 1. The minimum atomic E-state index is -0.283. The first-order valence-electron chi connectivity index (χ1n) is 6.25. The molecular formula is C13H25BrN2O2. The molecule has 0 aromatic carbocycles. The maximum absolute atomic E-state index is 11.1. The van der Waals surface area contributed by atoms with Gasteiger partial charge in [-0.05, 0) is 19.4 Å². The highest BCUT2D eigenvalue weighted by atomic mass is 79.9. The van der Waals surface area contributed by atoms with E-state index < -0.39 is 0 Å². The maximum Gasteiger partial charge on any atom is 0.327 e. The van der Waals surface area contributed by atoms with Crippen molar-refractivity contribution >= 4 is 21.9 Å². The topological polar surface area (TPSA) is 44.1 Å². The van der Waals surface area contributed by atoms with Gasteiger partial charge in [-0.15, -0.1) is 0 Å². The van der Waals surface area contributed by atoms with Crippen molar-refractivity contribution in [2.24, 2.45) is 0 Å². The number of nitrogens with zero attached hydrogens (tertiary/aromatic N) is 2. The SMILES string of the molecule is CC.CC.COC(=O)Cn1nc(C)c(C)c1CBr. The Hall–Kier alpha value is -0.840. The lowest BCUT2D eigenvalue weighted by atomic mass is 10.2. The van der Waals surface area contributed by atoms with E-state index in [0.717, 1.165) is 17.0 Å². The summed E-state index contributed by atoms with van der Waals surface area (Å²) >= 11 is 3.37. The number of aromatic nitrogens is 2. The average molecular weight is 321 g/mol. The van der Waals surface area contributed by atoms with Crippen LogP contribution in [0.15, 0.2) is 0 Å². The molecule has 1 heterocycles. The standard InChI is InChI=1S/C9H13BrN2O2.2C2H6/c1-6-7(2)11-12(8(6)4-10)5-9(13)14-3;2*1-2/h4-5H2,1-3H3;2*1-2H3. The summed E-state index contributed by atoms with van der Waals surface area (Å²) in [4.78, 5) is 11.1. The molecule has 5 heteroatoms. The summed E-state index contributed by atoms with van der Waals surface area (Å²) in [5.74, 6) is -0.283. The number of carbonyl (C=O) groups is 1. The molecule has 0 atom stereocenters. The summed E-state index contributed by atoms with van der Waals surface area (Å²) in [5, 5.41) is 4.95. The van der Waals surface area contributed by atoms with Gasteiger partial charge in [0.05, 0.1) is 18.5 Å². The van der Waals surface area contributed by atoms with Crippen molar-refractivity contribution in [3.05, 3.63) is 17.0 Å². The highest BCUT2D eigenvalue weighted by molar-refractivity contribution is 9.08. The van der Waals surface area contributed by atoms with Crippen LogP contribution in [0.2, 0.25) is 0 Å². The maximum atomic E-state index is 11.1. The van der Waals surface area contributed by atoms with E-state index in [-0.39, 0.29) is 12.5 Å². The first-order valence-corrected chi connectivity index (χ1v) is 7.38. The molecule has 0 aliphatic rings. The molecule has 0 saturated carbocycles. The third kappa shape index (κ3) is 5.67. The van der Waals surface area contributed by atoms with E-state index in [1.165, 1.54) is 7.11 Å². The van der Waals surface area contributed by atoms with E-state index >= 15 is 0 Å². The molecule has 0 spiro atoms. The Morgan fingerprint density at radius 2 is 1.78 bits per heavy atom. The predicted octanol–water partition coefficient (Wildman–Crippen LogP) is 3.62. The van der Waals surface area contributed by atoms with Crippen molar-refractivity contribution < 1.29 is 9.53 Å². The molecule has 4 nitrogen and oxygen atoms in total. The summed E-state index contributed by atoms with van der Waals surface area (Å²) in [6.07, 6.45) is 0. The van der Waals surface area contributed by atoms with Gasteiger partial charge in [-0.2, -0.15) is 5.10 Å². The molecule has 0 amide bonds. The van der Waals surface area contributed by atoms with Gasteiger partial charge in [-0.1, -0.05) is 43.6 Å². The molecule has 0 N–H and O–H groups in total. The Balaban J connectivity index is 0. The Bertz CT molecular complexity index is 349. The second-order valence-electron chi connectivity index (χ2n) is 3.02. The lowest BCUT2D eigenvalue weighted by Crippen LogP contribution is -2.14. The molecule has 0 radical (unpaired) electrons. The van der Waals surface area contributed by atoms with Crippen LogP contribution in [-0.2, 0) is 21.4 Å². The number of methoxy groups -OCH3 is 1. The van der Waals surface area contributed by atoms with Gasteiger partial charge in [0.15, 0.2) is 0 Å². The van der Waals surface area contributed by atoms with Gasteiger partial charge in [-0.3, -0.25) is 9.48 Å². The van der Waals surface area contributed by atoms with Gasteiger partial charge < -0.3 is 4.74 Å². The number of esters is 1. The van der Waals surface area contributed by atoms with Crippen LogP contribution < -0.4 is 0 Å². The quantitative estimate of drug-likeness (QED) is 0.631. The zero-order valence-electron chi connectivity index (χ0n) is 12.5. The molecule has 0 saturated heterocycles. The fourth-order valence-electron chi connectivity index (χ4n) is 1.21. The Morgan fingerprint density at radius 3 is 2.17 bits per heavy atom. The zero-order valence-corrected chi connectivity index (χ0v) is 14.1. The van der Waals surface area contributed by atoms with Crippen LogP contribution in [0, 0.1) is 13.8 Å². The number of halogens is 1. The van der Waals surface area contributed by atoms with Crippen molar-refractivity contribution in [2.45, 2.75) is 53.4 Å². The Kier molecular flexibility index (Phi) is 12.2. The molecular weight excluding hydrogens is 296 g/mol. The molecule has 1 aromatic heterocycles. The van der Waals surface area contributed by atoms with Crippen LogP contribution in [0.3, 0.4) is 0 Å². The van der Waals surface area contributed by atoms with E-state index in [0.29, 0.717) is 5.33 Å². The van der Waals surface area contributed by atoms with Gasteiger partial charge in [-0.25, -0.2) is 0 Å². The Labute approximate surface area is 119 Å². The predicted molar refractivity (Wildman–Crippen MR) is 79.0 cm³/mol. The van der Waals surface area contributed by atoms with Crippen LogP contribution in [0.1, 0.15) is 44.6 Å². The molecule has 0 aliphatic carbocycles. The fourth-order valence-corrected chi connectivity index (χ4v) is 1.92. The van der Waals surface area contributed by atoms with Crippen molar-refractivity contribution in [3.63, 3.8) is 0 Å². The minimum Gasteiger partial charge on any atom is -0.468 e.